The van der Waals surface area contributed by atoms with E-state index in [1.807, 2.05) is 0 Å². The molecule has 0 spiro atoms. The lowest BCUT2D eigenvalue weighted by atomic mass is 9.83. The maximum Gasteiger partial charge on any atom is 0.335 e. The Bertz CT molecular complexity index is 156. The fourth-order valence-corrected chi connectivity index (χ4v) is 0.811. The molecule has 0 saturated carbocycles. The molecule has 4 heteroatoms. The van der Waals surface area contributed by atoms with Crippen molar-refractivity contribution in [3.05, 3.63) is 0 Å². The molecule has 0 bridgehead atoms. The minimum atomic E-state index is -1.25. The summed E-state index contributed by atoms with van der Waals surface area (Å²) in [4.78, 5) is 10.8. The second-order valence-corrected chi connectivity index (χ2v) is 3.35. The Labute approximate surface area is 71.5 Å². The summed E-state index contributed by atoms with van der Waals surface area (Å²) in [5, 5.41) is 9.34. The second-order valence-electron chi connectivity index (χ2n) is 3.35. The highest BCUT2D eigenvalue weighted by molar-refractivity contribution is 5.75. The molecule has 1 N–H and O–H groups in total. The fourth-order valence-electron chi connectivity index (χ4n) is 0.811. The molecule has 0 fully saturated rings. The summed E-state index contributed by atoms with van der Waals surface area (Å²) in [6.07, 6.45) is -1.11. The molecule has 0 heterocycles. The summed E-state index contributed by atoms with van der Waals surface area (Å²) in [5.74, 6) is -0.714. The van der Waals surface area contributed by atoms with Gasteiger partial charge >= 0.3 is 5.97 Å². The first-order valence-electron chi connectivity index (χ1n) is 3.77. The predicted octanol–water partition coefficient (Wildman–Crippen LogP) is 0.906. The number of rotatable bonds is 4. The zero-order chi connectivity index (χ0) is 9.78. The van der Waals surface area contributed by atoms with Gasteiger partial charge in [0.05, 0.1) is 13.8 Å². The normalized spacial score (nSPS) is 14.1. The van der Waals surface area contributed by atoms with Crippen molar-refractivity contribution in [2.75, 3.05) is 13.8 Å². The van der Waals surface area contributed by atoms with Crippen LogP contribution < -0.4 is 0 Å². The molecular formula is C8H15FO3. The molecule has 0 aromatic rings. The monoisotopic (exact) mass is 178 g/mol. The van der Waals surface area contributed by atoms with Crippen molar-refractivity contribution in [1.29, 1.82) is 0 Å². The largest absolute Gasteiger partial charge is 0.467 e. The molecule has 1 atom stereocenters. The number of halogens is 1. The second kappa shape index (κ2) is 4.40. The number of carbonyl (C=O) groups excluding carboxylic acids is 1. The van der Waals surface area contributed by atoms with Crippen molar-refractivity contribution in [2.45, 2.75) is 26.4 Å². The van der Waals surface area contributed by atoms with Gasteiger partial charge < -0.3 is 9.84 Å². The Morgan fingerprint density at radius 3 is 2.50 bits per heavy atom. The van der Waals surface area contributed by atoms with Crippen LogP contribution in [0.15, 0.2) is 0 Å². The van der Waals surface area contributed by atoms with E-state index in [4.69, 9.17) is 0 Å². The molecule has 1 unspecified atom stereocenters. The number of hydrogen-bond donors (Lipinski definition) is 1. The molecule has 0 aliphatic carbocycles. The first-order chi connectivity index (χ1) is 5.45. The van der Waals surface area contributed by atoms with Gasteiger partial charge in [-0.1, -0.05) is 13.8 Å². The van der Waals surface area contributed by atoms with Gasteiger partial charge in [-0.05, 0) is 6.42 Å². The third-order valence-corrected chi connectivity index (χ3v) is 1.90. The van der Waals surface area contributed by atoms with Crippen LogP contribution in [0.2, 0.25) is 0 Å². The molecule has 72 valence electrons. The van der Waals surface area contributed by atoms with Crippen molar-refractivity contribution >= 4 is 5.97 Å². The molecule has 12 heavy (non-hydrogen) atoms. The maximum atomic E-state index is 12.0. The molecule has 0 aliphatic heterocycles. The fraction of sp³-hybridized carbons (Fsp3) is 0.875. The lowest BCUT2D eigenvalue weighted by Gasteiger charge is -2.27. The molecule has 0 saturated heterocycles. The summed E-state index contributed by atoms with van der Waals surface area (Å²) in [6, 6.07) is 0. The van der Waals surface area contributed by atoms with Gasteiger partial charge in [-0.2, -0.15) is 0 Å². The van der Waals surface area contributed by atoms with Gasteiger partial charge in [0, 0.05) is 5.41 Å². The van der Waals surface area contributed by atoms with Crippen LogP contribution in [-0.2, 0) is 9.53 Å². The Morgan fingerprint density at radius 1 is 1.67 bits per heavy atom. The lowest BCUT2D eigenvalue weighted by Crippen LogP contribution is -2.37. The first kappa shape index (κ1) is 11.4. The molecule has 0 aromatic carbocycles. The molecule has 0 rings (SSSR count). The quantitative estimate of drug-likeness (QED) is 0.651. The first-order valence-corrected chi connectivity index (χ1v) is 3.77. The van der Waals surface area contributed by atoms with Crippen molar-refractivity contribution in [3.63, 3.8) is 0 Å². The van der Waals surface area contributed by atoms with Gasteiger partial charge in [0.15, 0.2) is 6.10 Å². The number of hydrogen-bond acceptors (Lipinski definition) is 3. The van der Waals surface area contributed by atoms with Gasteiger partial charge in [-0.25, -0.2) is 4.79 Å². The van der Waals surface area contributed by atoms with E-state index >= 15 is 0 Å². The van der Waals surface area contributed by atoms with Crippen molar-refractivity contribution in [3.8, 4) is 0 Å². The molecule has 0 amide bonds. The number of aliphatic hydroxyl groups excluding tert-OH is 1. The number of ether oxygens (including phenoxy) is 1. The summed E-state index contributed by atoms with van der Waals surface area (Å²) < 4.78 is 16.3. The third-order valence-electron chi connectivity index (χ3n) is 1.90. The van der Waals surface area contributed by atoms with E-state index in [1.54, 1.807) is 13.8 Å². The van der Waals surface area contributed by atoms with E-state index in [9.17, 15) is 14.3 Å². The Kier molecular flexibility index (Phi) is 4.17. The Balaban J connectivity index is 4.23. The smallest absolute Gasteiger partial charge is 0.335 e. The van der Waals surface area contributed by atoms with Crippen molar-refractivity contribution < 1.29 is 19.0 Å². The van der Waals surface area contributed by atoms with E-state index in [1.165, 1.54) is 7.11 Å². The molecule has 0 aromatic heterocycles. The topological polar surface area (TPSA) is 46.5 Å². The molecule has 3 nitrogen and oxygen atoms in total. The van der Waals surface area contributed by atoms with Crippen LogP contribution in [0.25, 0.3) is 0 Å². The summed E-state index contributed by atoms with van der Waals surface area (Å²) in [6.45, 7) is 2.68. The van der Waals surface area contributed by atoms with E-state index in [2.05, 4.69) is 4.74 Å². The molecule has 0 radical (unpaired) electrons. The summed E-state index contributed by atoms with van der Waals surface area (Å²) in [5.41, 5.74) is -0.762. The van der Waals surface area contributed by atoms with Crippen LogP contribution in [0.5, 0.6) is 0 Å². The number of methoxy groups -OCH3 is 1. The minimum absolute atomic E-state index is 0.142. The van der Waals surface area contributed by atoms with Gasteiger partial charge in [0.25, 0.3) is 0 Å². The SMILES string of the molecule is COC(=O)C(O)C(C)(C)CCF. The van der Waals surface area contributed by atoms with Crippen LogP contribution in [0.4, 0.5) is 4.39 Å². The Morgan fingerprint density at radius 2 is 2.17 bits per heavy atom. The van der Waals surface area contributed by atoms with E-state index in [0.717, 1.165) is 0 Å². The highest BCUT2D eigenvalue weighted by Crippen LogP contribution is 2.25. The van der Waals surface area contributed by atoms with Gasteiger partial charge in [0.1, 0.15) is 0 Å². The van der Waals surface area contributed by atoms with Gasteiger partial charge in [-0.3, -0.25) is 4.39 Å². The van der Waals surface area contributed by atoms with E-state index < -0.39 is 24.2 Å². The standard InChI is InChI=1S/C8H15FO3/c1-8(2,4-5-9)6(10)7(11)12-3/h6,10H,4-5H2,1-3H3. The zero-order valence-electron chi connectivity index (χ0n) is 7.63. The van der Waals surface area contributed by atoms with Crippen LogP contribution in [0, 0.1) is 5.41 Å². The predicted molar refractivity (Wildman–Crippen MR) is 42.4 cm³/mol. The Hall–Kier alpha value is -0.640. The maximum absolute atomic E-state index is 12.0. The van der Waals surface area contributed by atoms with E-state index in [0.29, 0.717) is 0 Å². The van der Waals surface area contributed by atoms with Crippen LogP contribution in [-0.4, -0.2) is 31.0 Å². The minimum Gasteiger partial charge on any atom is -0.467 e. The third kappa shape index (κ3) is 2.77. The lowest BCUT2D eigenvalue weighted by molar-refractivity contribution is -0.157. The highest BCUT2D eigenvalue weighted by Gasteiger charge is 2.33. The van der Waals surface area contributed by atoms with Crippen LogP contribution in [0.3, 0.4) is 0 Å². The molecular weight excluding hydrogens is 163 g/mol. The van der Waals surface area contributed by atoms with Crippen molar-refractivity contribution in [1.82, 2.24) is 0 Å². The average molecular weight is 178 g/mol. The number of alkyl halides is 1. The van der Waals surface area contributed by atoms with Gasteiger partial charge in [-0.15, -0.1) is 0 Å². The number of aliphatic hydroxyl groups is 1. The van der Waals surface area contributed by atoms with Crippen LogP contribution >= 0.6 is 0 Å². The number of esters is 1. The van der Waals surface area contributed by atoms with Crippen molar-refractivity contribution in [2.24, 2.45) is 5.41 Å². The van der Waals surface area contributed by atoms with Crippen LogP contribution in [0.1, 0.15) is 20.3 Å². The van der Waals surface area contributed by atoms with Gasteiger partial charge in [0.2, 0.25) is 0 Å². The number of carbonyl (C=O) groups is 1. The summed E-state index contributed by atoms with van der Waals surface area (Å²) in [7, 11) is 1.19. The summed E-state index contributed by atoms with van der Waals surface area (Å²) >= 11 is 0. The zero-order valence-corrected chi connectivity index (χ0v) is 7.63. The average Bonchev–Trinajstić information content (AvgIpc) is 2.01. The van der Waals surface area contributed by atoms with E-state index in [-0.39, 0.29) is 6.42 Å². The highest BCUT2D eigenvalue weighted by atomic mass is 19.1. The molecule has 0 aliphatic rings.